The Morgan fingerprint density at radius 2 is 2.17 bits per heavy atom. The number of anilines is 1. The molecular weight excluding hydrogens is 244 g/mol. The van der Waals surface area contributed by atoms with Crippen molar-refractivity contribution >= 4 is 17.3 Å². The quantitative estimate of drug-likeness (QED) is 0.908. The third kappa shape index (κ3) is 3.18. The Hall–Kier alpha value is -0.730. The van der Waals surface area contributed by atoms with Gasteiger partial charge in [0.2, 0.25) is 0 Å². The van der Waals surface area contributed by atoms with Crippen LogP contribution in [-0.4, -0.2) is 19.1 Å². The van der Waals surface area contributed by atoms with Gasteiger partial charge in [-0.2, -0.15) is 0 Å². The molecule has 1 unspecified atom stereocenters. The van der Waals surface area contributed by atoms with Gasteiger partial charge in [0.05, 0.1) is 0 Å². The second-order valence-electron chi connectivity index (χ2n) is 6.29. The molecule has 1 atom stereocenters. The minimum Gasteiger partial charge on any atom is -0.371 e. The van der Waals surface area contributed by atoms with Crippen molar-refractivity contribution in [3.63, 3.8) is 0 Å². The van der Waals surface area contributed by atoms with Gasteiger partial charge in [-0.05, 0) is 42.9 Å². The summed E-state index contributed by atoms with van der Waals surface area (Å²) in [5.74, 6) is 0. The minimum absolute atomic E-state index is 0.152. The molecule has 1 aliphatic rings. The van der Waals surface area contributed by atoms with Gasteiger partial charge in [-0.1, -0.05) is 31.5 Å². The van der Waals surface area contributed by atoms with Crippen molar-refractivity contribution in [2.75, 3.05) is 18.0 Å². The molecule has 0 amide bonds. The minimum atomic E-state index is 0.152. The van der Waals surface area contributed by atoms with Crippen LogP contribution in [0.15, 0.2) is 18.2 Å². The first kappa shape index (κ1) is 13.7. The molecule has 0 saturated carbocycles. The van der Waals surface area contributed by atoms with E-state index in [1.807, 2.05) is 6.92 Å². The average molecular weight is 267 g/mol. The van der Waals surface area contributed by atoms with Gasteiger partial charge in [0.15, 0.2) is 0 Å². The Labute approximate surface area is 115 Å². The van der Waals surface area contributed by atoms with Gasteiger partial charge in [0.1, 0.15) is 0 Å². The second-order valence-corrected chi connectivity index (χ2v) is 6.70. The van der Waals surface area contributed by atoms with Crippen LogP contribution < -0.4 is 10.6 Å². The fourth-order valence-electron chi connectivity index (χ4n) is 2.58. The Bertz CT molecular complexity index is 427. The number of rotatable bonds is 3. The lowest BCUT2D eigenvalue weighted by atomic mass is 9.93. The lowest BCUT2D eigenvalue weighted by Crippen LogP contribution is -2.23. The first-order chi connectivity index (χ1) is 8.37. The average Bonchev–Trinajstić information content (AvgIpc) is 2.61. The number of hydrogen-bond donors (Lipinski definition) is 1. The molecule has 0 aromatic heterocycles. The van der Waals surface area contributed by atoms with E-state index in [0.717, 1.165) is 30.1 Å². The summed E-state index contributed by atoms with van der Waals surface area (Å²) in [6, 6.07) is 6.52. The SMILES string of the molecule is CC(N)Cc1ccc(N2CCC(C)(C)C2)cc1Cl. The van der Waals surface area contributed by atoms with Crippen LogP contribution in [0, 0.1) is 5.41 Å². The first-order valence-electron chi connectivity index (χ1n) is 6.66. The summed E-state index contributed by atoms with van der Waals surface area (Å²) in [4.78, 5) is 2.42. The van der Waals surface area contributed by atoms with Gasteiger partial charge >= 0.3 is 0 Å². The zero-order chi connectivity index (χ0) is 13.3. The molecule has 2 rings (SSSR count). The van der Waals surface area contributed by atoms with Crippen LogP contribution in [0.5, 0.6) is 0 Å². The molecule has 0 bridgehead atoms. The fourth-order valence-corrected chi connectivity index (χ4v) is 2.83. The summed E-state index contributed by atoms with van der Waals surface area (Å²) in [5, 5.41) is 0.842. The third-order valence-corrected chi connectivity index (χ3v) is 3.97. The second kappa shape index (κ2) is 5.10. The Balaban J connectivity index is 2.14. The summed E-state index contributed by atoms with van der Waals surface area (Å²) >= 11 is 6.34. The number of hydrogen-bond acceptors (Lipinski definition) is 2. The maximum atomic E-state index is 6.34. The molecule has 2 N–H and O–H groups in total. The van der Waals surface area contributed by atoms with Gasteiger partial charge in [0.25, 0.3) is 0 Å². The number of benzene rings is 1. The van der Waals surface area contributed by atoms with Gasteiger partial charge in [-0.25, -0.2) is 0 Å². The third-order valence-electron chi connectivity index (χ3n) is 3.62. The molecule has 100 valence electrons. The largest absolute Gasteiger partial charge is 0.371 e. The highest BCUT2D eigenvalue weighted by molar-refractivity contribution is 6.31. The topological polar surface area (TPSA) is 29.3 Å². The molecule has 0 radical (unpaired) electrons. The van der Waals surface area contributed by atoms with Gasteiger partial charge < -0.3 is 10.6 Å². The summed E-state index contributed by atoms with van der Waals surface area (Å²) in [6.07, 6.45) is 2.08. The van der Waals surface area contributed by atoms with E-state index in [1.165, 1.54) is 12.1 Å². The standard InChI is InChI=1S/C15H23ClN2/c1-11(17)8-12-4-5-13(9-14(12)16)18-7-6-15(2,3)10-18/h4-5,9,11H,6-8,10,17H2,1-3H3. The maximum absolute atomic E-state index is 6.34. The highest BCUT2D eigenvalue weighted by Crippen LogP contribution is 2.34. The van der Waals surface area contributed by atoms with Crippen LogP contribution in [-0.2, 0) is 6.42 Å². The fraction of sp³-hybridized carbons (Fsp3) is 0.600. The molecular formula is C15H23ClN2. The molecule has 1 aromatic rings. The van der Waals surface area contributed by atoms with Crippen LogP contribution in [0.25, 0.3) is 0 Å². The summed E-state index contributed by atoms with van der Waals surface area (Å²) in [6.45, 7) is 8.87. The number of halogens is 1. The first-order valence-corrected chi connectivity index (χ1v) is 7.04. The van der Waals surface area contributed by atoms with Crippen molar-refractivity contribution in [2.45, 2.75) is 39.7 Å². The normalized spacial score (nSPS) is 20.2. The van der Waals surface area contributed by atoms with Crippen LogP contribution in [0.4, 0.5) is 5.69 Å². The lowest BCUT2D eigenvalue weighted by molar-refractivity contribution is 0.418. The van der Waals surface area contributed by atoms with Gasteiger partial charge in [0, 0.05) is 29.8 Å². The number of nitrogens with zero attached hydrogens (tertiary/aromatic N) is 1. The maximum Gasteiger partial charge on any atom is 0.0459 e. The van der Waals surface area contributed by atoms with Gasteiger partial charge in [-0.15, -0.1) is 0 Å². The van der Waals surface area contributed by atoms with Crippen LogP contribution in [0.3, 0.4) is 0 Å². The van der Waals surface area contributed by atoms with E-state index in [4.69, 9.17) is 17.3 Å². The summed E-state index contributed by atoms with van der Waals surface area (Å²) in [7, 11) is 0. The van der Waals surface area contributed by atoms with E-state index in [2.05, 4.69) is 36.9 Å². The molecule has 1 saturated heterocycles. The lowest BCUT2D eigenvalue weighted by Gasteiger charge is -2.22. The smallest absolute Gasteiger partial charge is 0.0459 e. The predicted octanol–water partition coefficient (Wildman–Crippen LogP) is 3.47. The van der Waals surface area contributed by atoms with Crippen molar-refractivity contribution in [2.24, 2.45) is 11.1 Å². The summed E-state index contributed by atoms with van der Waals surface area (Å²) < 4.78 is 0. The Morgan fingerprint density at radius 3 is 2.67 bits per heavy atom. The van der Waals surface area contributed by atoms with Crippen molar-refractivity contribution < 1.29 is 0 Å². The molecule has 2 nitrogen and oxygen atoms in total. The molecule has 1 fully saturated rings. The van der Waals surface area contributed by atoms with Crippen molar-refractivity contribution in [3.8, 4) is 0 Å². The van der Waals surface area contributed by atoms with Crippen LogP contribution in [0.2, 0.25) is 5.02 Å². The zero-order valence-corrected chi connectivity index (χ0v) is 12.3. The van der Waals surface area contributed by atoms with E-state index in [0.29, 0.717) is 5.41 Å². The predicted molar refractivity (Wildman–Crippen MR) is 79.4 cm³/mol. The van der Waals surface area contributed by atoms with Crippen LogP contribution in [0.1, 0.15) is 32.8 Å². The molecule has 0 aliphatic carbocycles. The van der Waals surface area contributed by atoms with Crippen molar-refractivity contribution in [3.05, 3.63) is 28.8 Å². The van der Waals surface area contributed by atoms with E-state index < -0.39 is 0 Å². The van der Waals surface area contributed by atoms with Crippen molar-refractivity contribution in [1.29, 1.82) is 0 Å². The Morgan fingerprint density at radius 1 is 1.44 bits per heavy atom. The highest BCUT2D eigenvalue weighted by Gasteiger charge is 2.29. The van der Waals surface area contributed by atoms with Crippen molar-refractivity contribution in [1.82, 2.24) is 0 Å². The molecule has 1 aliphatic heterocycles. The molecule has 18 heavy (non-hydrogen) atoms. The van der Waals surface area contributed by atoms with Gasteiger partial charge in [-0.3, -0.25) is 0 Å². The summed E-state index contributed by atoms with van der Waals surface area (Å²) in [5.41, 5.74) is 8.62. The number of nitrogens with two attached hydrogens (primary N) is 1. The monoisotopic (exact) mass is 266 g/mol. The highest BCUT2D eigenvalue weighted by atomic mass is 35.5. The van der Waals surface area contributed by atoms with Crippen LogP contribution >= 0.6 is 11.6 Å². The van der Waals surface area contributed by atoms with E-state index in [-0.39, 0.29) is 6.04 Å². The molecule has 3 heteroatoms. The Kier molecular flexibility index (Phi) is 3.88. The molecule has 1 heterocycles. The van der Waals surface area contributed by atoms with E-state index in [9.17, 15) is 0 Å². The zero-order valence-electron chi connectivity index (χ0n) is 11.5. The van der Waals surface area contributed by atoms with E-state index in [1.54, 1.807) is 0 Å². The van der Waals surface area contributed by atoms with E-state index >= 15 is 0 Å². The molecule has 0 spiro atoms. The molecule has 1 aromatic carbocycles.